The third-order valence-corrected chi connectivity index (χ3v) is 6.48. The molecule has 1 N–H and O–H groups in total. The topological polar surface area (TPSA) is 66.5 Å². The lowest BCUT2D eigenvalue weighted by molar-refractivity contribution is 0.0930. The van der Waals surface area contributed by atoms with E-state index in [4.69, 9.17) is 0 Å². The summed E-state index contributed by atoms with van der Waals surface area (Å²) < 4.78 is 26.5. The molecular formula is C18H28N2O3S. The van der Waals surface area contributed by atoms with Gasteiger partial charge in [-0.1, -0.05) is 32.4 Å². The minimum absolute atomic E-state index is 0.00268. The molecule has 0 saturated carbocycles. The van der Waals surface area contributed by atoms with Crippen molar-refractivity contribution in [3.05, 3.63) is 35.4 Å². The molecule has 6 heteroatoms. The van der Waals surface area contributed by atoms with Gasteiger partial charge in [0.1, 0.15) is 0 Å². The summed E-state index contributed by atoms with van der Waals surface area (Å²) in [5, 5.41) is 2.95. The van der Waals surface area contributed by atoms with Gasteiger partial charge < -0.3 is 5.32 Å². The van der Waals surface area contributed by atoms with Crippen LogP contribution in [-0.4, -0.2) is 37.8 Å². The number of hydrogen-bond acceptors (Lipinski definition) is 3. The van der Waals surface area contributed by atoms with E-state index in [1.165, 1.54) is 0 Å². The second-order valence-corrected chi connectivity index (χ2v) is 8.89. The Balaban J connectivity index is 2.00. The quantitative estimate of drug-likeness (QED) is 0.856. The zero-order valence-corrected chi connectivity index (χ0v) is 15.6. The summed E-state index contributed by atoms with van der Waals surface area (Å²) in [5.41, 5.74) is 1.27. The SMILES string of the molecule is CC(C)[C@@H](C)NC(=O)c1ccc(CS(=O)(=O)N2CCCCC2)cc1. The number of sulfonamides is 1. The van der Waals surface area contributed by atoms with Crippen molar-refractivity contribution >= 4 is 15.9 Å². The summed E-state index contributed by atoms with van der Waals surface area (Å²) in [6.45, 7) is 7.33. The molecule has 0 aromatic heterocycles. The van der Waals surface area contributed by atoms with Crippen LogP contribution in [0.5, 0.6) is 0 Å². The van der Waals surface area contributed by atoms with Crippen molar-refractivity contribution in [2.75, 3.05) is 13.1 Å². The molecule has 0 unspecified atom stereocenters. The van der Waals surface area contributed by atoms with Gasteiger partial charge in [0, 0.05) is 24.7 Å². The Kier molecular flexibility index (Phi) is 6.40. The molecule has 2 rings (SSSR count). The van der Waals surface area contributed by atoms with Crippen molar-refractivity contribution in [1.29, 1.82) is 0 Å². The van der Waals surface area contributed by atoms with Gasteiger partial charge in [0.25, 0.3) is 5.91 Å². The molecule has 0 aliphatic carbocycles. The van der Waals surface area contributed by atoms with Crippen LogP contribution in [0.25, 0.3) is 0 Å². The van der Waals surface area contributed by atoms with Crippen molar-refractivity contribution in [3.63, 3.8) is 0 Å². The first-order valence-corrected chi connectivity index (χ1v) is 10.3. The Morgan fingerprint density at radius 3 is 2.21 bits per heavy atom. The third kappa shape index (κ3) is 5.05. The molecule has 1 saturated heterocycles. The molecule has 1 amide bonds. The van der Waals surface area contributed by atoms with Gasteiger partial charge in [-0.2, -0.15) is 0 Å². The molecule has 1 heterocycles. The molecule has 1 aliphatic rings. The van der Waals surface area contributed by atoms with Crippen LogP contribution in [0.4, 0.5) is 0 Å². The molecule has 0 bridgehead atoms. The van der Waals surface area contributed by atoms with E-state index in [2.05, 4.69) is 19.2 Å². The molecule has 1 atom stereocenters. The van der Waals surface area contributed by atoms with Gasteiger partial charge in [-0.25, -0.2) is 12.7 Å². The largest absolute Gasteiger partial charge is 0.349 e. The van der Waals surface area contributed by atoms with E-state index in [-0.39, 0.29) is 17.7 Å². The standard InChI is InChI=1S/C18H28N2O3S/c1-14(2)15(3)19-18(21)17-9-7-16(8-10-17)13-24(22,23)20-11-5-4-6-12-20/h7-10,14-15H,4-6,11-13H2,1-3H3,(H,19,21)/t15-/m1/s1. The van der Waals surface area contributed by atoms with E-state index in [1.807, 2.05) is 6.92 Å². The van der Waals surface area contributed by atoms with Crippen LogP contribution in [0.15, 0.2) is 24.3 Å². The molecule has 0 radical (unpaired) electrons. The summed E-state index contributed by atoms with van der Waals surface area (Å²) in [4.78, 5) is 12.2. The van der Waals surface area contributed by atoms with Crippen molar-refractivity contribution in [2.45, 2.75) is 51.8 Å². The molecule has 1 aromatic rings. The van der Waals surface area contributed by atoms with E-state index < -0.39 is 10.0 Å². The maximum atomic E-state index is 12.4. The van der Waals surface area contributed by atoms with Crippen LogP contribution in [0.2, 0.25) is 0 Å². The Morgan fingerprint density at radius 1 is 1.08 bits per heavy atom. The molecule has 134 valence electrons. The molecule has 24 heavy (non-hydrogen) atoms. The predicted molar refractivity (Wildman–Crippen MR) is 96.3 cm³/mol. The average molecular weight is 353 g/mol. The summed E-state index contributed by atoms with van der Waals surface area (Å²) >= 11 is 0. The van der Waals surface area contributed by atoms with Gasteiger partial charge in [-0.05, 0) is 43.4 Å². The highest BCUT2D eigenvalue weighted by molar-refractivity contribution is 7.88. The highest BCUT2D eigenvalue weighted by Crippen LogP contribution is 2.17. The van der Waals surface area contributed by atoms with Crippen LogP contribution in [0, 0.1) is 5.92 Å². The fourth-order valence-corrected chi connectivity index (χ4v) is 4.26. The molecule has 1 aromatic carbocycles. The Morgan fingerprint density at radius 2 is 1.67 bits per heavy atom. The Bertz CT molecular complexity index is 647. The number of hydrogen-bond donors (Lipinski definition) is 1. The fraction of sp³-hybridized carbons (Fsp3) is 0.611. The number of carbonyl (C=O) groups is 1. The first-order chi connectivity index (χ1) is 11.3. The van der Waals surface area contributed by atoms with Crippen LogP contribution in [-0.2, 0) is 15.8 Å². The summed E-state index contributed by atoms with van der Waals surface area (Å²) in [7, 11) is -3.27. The highest BCUT2D eigenvalue weighted by atomic mass is 32.2. The second-order valence-electron chi connectivity index (χ2n) is 6.92. The van der Waals surface area contributed by atoms with Gasteiger partial charge in [0.05, 0.1) is 5.75 Å². The van der Waals surface area contributed by atoms with Crippen LogP contribution < -0.4 is 5.32 Å². The molecule has 5 nitrogen and oxygen atoms in total. The average Bonchev–Trinajstić information content (AvgIpc) is 2.55. The minimum atomic E-state index is -3.27. The van der Waals surface area contributed by atoms with Crippen molar-refractivity contribution in [3.8, 4) is 0 Å². The van der Waals surface area contributed by atoms with E-state index in [0.717, 1.165) is 19.3 Å². The summed E-state index contributed by atoms with van der Waals surface area (Å²) in [5.74, 6) is 0.238. The first kappa shape index (κ1) is 18.9. The molecule has 1 fully saturated rings. The molecular weight excluding hydrogens is 324 g/mol. The van der Waals surface area contributed by atoms with Crippen LogP contribution >= 0.6 is 0 Å². The highest BCUT2D eigenvalue weighted by Gasteiger charge is 2.24. The number of nitrogens with zero attached hydrogens (tertiary/aromatic N) is 1. The van der Waals surface area contributed by atoms with Crippen molar-refractivity contribution in [2.24, 2.45) is 5.92 Å². The van der Waals surface area contributed by atoms with Gasteiger partial charge in [0.15, 0.2) is 0 Å². The van der Waals surface area contributed by atoms with E-state index >= 15 is 0 Å². The lowest BCUT2D eigenvalue weighted by Crippen LogP contribution is -2.36. The number of carbonyl (C=O) groups excluding carboxylic acids is 1. The van der Waals surface area contributed by atoms with E-state index in [0.29, 0.717) is 30.1 Å². The monoisotopic (exact) mass is 352 g/mol. The smallest absolute Gasteiger partial charge is 0.251 e. The van der Waals surface area contributed by atoms with Gasteiger partial charge >= 0.3 is 0 Å². The fourth-order valence-electron chi connectivity index (χ4n) is 2.65. The van der Waals surface area contributed by atoms with Crippen LogP contribution in [0.3, 0.4) is 0 Å². The van der Waals surface area contributed by atoms with Gasteiger partial charge in [0.2, 0.25) is 10.0 Å². The van der Waals surface area contributed by atoms with E-state index in [9.17, 15) is 13.2 Å². The number of amides is 1. The molecule has 0 spiro atoms. The third-order valence-electron chi connectivity index (χ3n) is 4.63. The first-order valence-electron chi connectivity index (χ1n) is 8.67. The van der Waals surface area contributed by atoms with E-state index in [1.54, 1.807) is 28.6 Å². The maximum Gasteiger partial charge on any atom is 0.251 e. The Hall–Kier alpha value is -1.40. The zero-order chi connectivity index (χ0) is 17.7. The number of nitrogens with one attached hydrogen (secondary N) is 1. The number of piperidine rings is 1. The maximum absolute atomic E-state index is 12.4. The Labute approximate surface area is 145 Å². The van der Waals surface area contributed by atoms with Gasteiger partial charge in [-0.15, -0.1) is 0 Å². The lowest BCUT2D eigenvalue weighted by atomic mass is 10.1. The van der Waals surface area contributed by atoms with Crippen molar-refractivity contribution in [1.82, 2.24) is 9.62 Å². The zero-order valence-electron chi connectivity index (χ0n) is 14.8. The summed E-state index contributed by atoms with van der Waals surface area (Å²) in [6.07, 6.45) is 2.98. The lowest BCUT2D eigenvalue weighted by Gasteiger charge is -2.25. The molecule has 1 aliphatic heterocycles. The van der Waals surface area contributed by atoms with Gasteiger partial charge in [-0.3, -0.25) is 4.79 Å². The second kappa shape index (κ2) is 8.12. The number of rotatable bonds is 6. The predicted octanol–water partition coefficient (Wildman–Crippen LogP) is 2.78. The minimum Gasteiger partial charge on any atom is -0.349 e. The summed E-state index contributed by atoms with van der Waals surface area (Å²) in [6, 6.07) is 6.96. The van der Waals surface area contributed by atoms with Crippen molar-refractivity contribution < 1.29 is 13.2 Å². The number of benzene rings is 1. The normalized spacial score (nSPS) is 17.7. The van der Waals surface area contributed by atoms with Crippen LogP contribution in [0.1, 0.15) is 56.0 Å².